The van der Waals surface area contributed by atoms with Gasteiger partial charge in [0.25, 0.3) is 0 Å². The summed E-state index contributed by atoms with van der Waals surface area (Å²) in [4.78, 5) is 10.9. The lowest BCUT2D eigenvalue weighted by molar-refractivity contribution is -0.119. The topological polar surface area (TPSA) is 95.5 Å². The second-order valence-electron chi connectivity index (χ2n) is 4.12. The Morgan fingerprint density at radius 2 is 2.13 bits per heavy atom. The van der Waals surface area contributed by atoms with Crippen LogP contribution in [0.3, 0.4) is 0 Å². The van der Waals surface area contributed by atoms with Crippen molar-refractivity contribution < 1.29 is 18.3 Å². The van der Waals surface area contributed by atoms with Gasteiger partial charge in [-0.15, -0.1) is 0 Å². The van der Waals surface area contributed by atoms with Gasteiger partial charge < -0.3 is 15.7 Å². The number of rotatable bonds is 2. The molecule has 0 aromatic carbocycles. The van der Waals surface area contributed by atoms with E-state index in [0.717, 1.165) is 0 Å². The Balaban J connectivity index is 1.93. The monoisotopic (exact) mass is 234 g/mol. The molecule has 2 aliphatic rings. The van der Waals surface area contributed by atoms with Gasteiger partial charge in [0.05, 0.1) is 17.6 Å². The first kappa shape index (κ1) is 10.8. The minimum absolute atomic E-state index is 0.0390. The van der Waals surface area contributed by atoms with Crippen LogP contribution in [0, 0.1) is 0 Å². The molecule has 2 heterocycles. The van der Waals surface area contributed by atoms with E-state index in [0.29, 0.717) is 13.0 Å². The highest BCUT2D eigenvalue weighted by molar-refractivity contribution is 7.91. The SMILES string of the molecule is O=C1CC(NC2CS(=O)(=O)CC2O)CN1. The highest BCUT2D eigenvalue weighted by Gasteiger charge is 2.38. The molecule has 2 fully saturated rings. The Morgan fingerprint density at radius 1 is 1.40 bits per heavy atom. The predicted octanol–water partition coefficient (Wildman–Crippen LogP) is -2.38. The van der Waals surface area contributed by atoms with E-state index in [1.165, 1.54) is 0 Å². The molecule has 3 atom stereocenters. The molecule has 0 spiro atoms. The summed E-state index contributed by atoms with van der Waals surface area (Å²) < 4.78 is 22.4. The lowest BCUT2D eigenvalue weighted by Gasteiger charge is -2.18. The molecule has 3 unspecified atom stereocenters. The van der Waals surface area contributed by atoms with E-state index in [1.54, 1.807) is 0 Å². The molecule has 0 aliphatic carbocycles. The first-order valence-corrected chi connectivity index (χ1v) is 6.70. The number of nitrogens with one attached hydrogen (secondary N) is 2. The van der Waals surface area contributed by atoms with Gasteiger partial charge in [-0.1, -0.05) is 0 Å². The fraction of sp³-hybridized carbons (Fsp3) is 0.875. The Labute approximate surface area is 88.0 Å². The number of aliphatic hydroxyl groups excluding tert-OH is 1. The molecule has 0 aromatic heterocycles. The van der Waals surface area contributed by atoms with Crippen molar-refractivity contribution in [1.82, 2.24) is 10.6 Å². The summed E-state index contributed by atoms with van der Waals surface area (Å²) in [5.41, 5.74) is 0. The van der Waals surface area contributed by atoms with Gasteiger partial charge >= 0.3 is 0 Å². The van der Waals surface area contributed by atoms with Gasteiger partial charge in [0.2, 0.25) is 5.91 Å². The molecule has 2 saturated heterocycles. The molecule has 15 heavy (non-hydrogen) atoms. The van der Waals surface area contributed by atoms with E-state index in [4.69, 9.17) is 0 Å². The van der Waals surface area contributed by atoms with Gasteiger partial charge in [0.15, 0.2) is 9.84 Å². The zero-order valence-corrected chi connectivity index (χ0v) is 8.96. The minimum atomic E-state index is -3.12. The number of carbonyl (C=O) groups excluding carboxylic acids is 1. The summed E-state index contributed by atoms with van der Waals surface area (Å²) in [7, 11) is -3.12. The van der Waals surface area contributed by atoms with Crippen LogP contribution >= 0.6 is 0 Å². The van der Waals surface area contributed by atoms with E-state index in [2.05, 4.69) is 10.6 Å². The molecule has 0 bridgehead atoms. The van der Waals surface area contributed by atoms with Gasteiger partial charge in [-0.2, -0.15) is 0 Å². The van der Waals surface area contributed by atoms with Crippen molar-refractivity contribution >= 4 is 15.7 Å². The molecular formula is C8H14N2O4S. The third-order valence-electron chi connectivity index (χ3n) is 2.75. The van der Waals surface area contributed by atoms with Crippen LogP contribution in [0.25, 0.3) is 0 Å². The largest absolute Gasteiger partial charge is 0.390 e. The molecule has 86 valence electrons. The summed E-state index contributed by atoms with van der Waals surface area (Å²) >= 11 is 0. The van der Waals surface area contributed by atoms with Crippen LogP contribution in [-0.2, 0) is 14.6 Å². The normalized spacial score (nSPS) is 39.3. The number of sulfone groups is 1. The highest BCUT2D eigenvalue weighted by Crippen LogP contribution is 2.14. The van der Waals surface area contributed by atoms with Gasteiger partial charge in [0.1, 0.15) is 0 Å². The highest BCUT2D eigenvalue weighted by atomic mass is 32.2. The number of hydrogen-bond donors (Lipinski definition) is 3. The first-order valence-electron chi connectivity index (χ1n) is 4.87. The molecule has 6 nitrogen and oxygen atoms in total. The van der Waals surface area contributed by atoms with Crippen LogP contribution in [0.2, 0.25) is 0 Å². The Bertz CT molecular complexity index is 367. The average Bonchev–Trinajstić information content (AvgIpc) is 2.58. The van der Waals surface area contributed by atoms with Gasteiger partial charge in [-0.3, -0.25) is 4.79 Å². The summed E-state index contributed by atoms with van der Waals surface area (Å²) in [6.07, 6.45) is -0.505. The van der Waals surface area contributed by atoms with Crippen LogP contribution in [0.4, 0.5) is 0 Å². The van der Waals surface area contributed by atoms with Crippen molar-refractivity contribution in [2.75, 3.05) is 18.1 Å². The lowest BCUT2D eigenvalue weighted by Crippen LogP contribution is -2.45. The maximum atomic E-state index is 11.2. The second-order valence-corrected chi connectivity index (χ2v) is 6.28. The van der Waals surface area contributed by atoms with Gasteiger partial charge in [-0.25, -0.2) is 8.42 Å². The van der Waals surface area contributed by atoms with Crippen LogP contribution in [0.5, 0.6) is 0 Å². The van der Waals surface area contributed by atoms with E-state index < -0.39 is 22.0 Å². The van der Waals surface area contributed by atoms with E-state index in [-0.39, 0.29) is 23.5 Å². The summed E-state index contributed by atoms with van der Waals surface area (Å²) in [6.45, 7) is 0.502. The maximum absolute atomic E-state index is 11.2. The molecule has 7 heteroatoms. The van der Waals surface area contributed by atoms with Crippen molar-refractivity contribution in [3.8, 4) is 0 Å². The van der Waals surface area contributed by atoms with E-state index in [9.17, 15) is 18.3 Å². The molecule has 0 aromatic rings. The van der Waals surface area contributed by atoms with E-state index >= 15 is 0 Å². The number of aliphatic hydroxyl groups is 1. The Hall–Kier alpha value is -0.660. The van der Waals surface area contributed by atoms with Crippen LogP contribution in [0.1, 0.15) is 6.42 Å². The van der Waals surface area contributed by atoms with Crippen molar-refractivity contribution in [2.45, 2.75) is 24.6 Å². The number of hydrogen-bond acceptors (Lipinski definition) is 5. The van der Waals surface area contributed by atoms with Gasteiger partial charge in [0, 0.05) is 25.0 Å². The molecule has 2 aliphatic heterocycles. The van der Waals surface area contributed by atoms with Gasteiger partial charge in [-0.05, 0) is 0 Å². The summed E-state index contributed by atoms with van der Waals surface area (Å²) in [5.74, 6) is -0.264. The zero-order valence-electron chi connectivity index (χ0n) is 8.14. The van der Waals surface area contributed by atoms with Crippen LogP contribution in [-0.4, -0.2) is 55.7 Å². The quantitative estimate of drug-likeness (QED) is 0.496. The Kier molecular flexibility index (Phi) is 2.70. The molecule has 2 rings (SSSR count). The second kappa shape index (κ2) is 3.73. The predicted molar refractivity (Wildman–Crippen MR) is 53.0 cm³/mol. The zero-order chi connectivity index (χ0) is 11.1. The summed E-state index contributed by atoms with van der Waals surface area (Å²) in [5, 5.41) is 15.2. The smallest absolute Gasteiger partial charge is 0.221 e. The van der Waals surface area contributed by atoms with Crippen molar-refractivity contribution in [3.05, 3.63) is 0 Å². The fourth-order valence-electron chi connectivity index (χ4n) is 2.01. The summed E-state index contributed by atoms with van der Waals surface area (Å²) in [6, 6.07) is -0.502. The third-order valence-corrected chi connectivity index (χ3v) is 4.47. The standard InChI is InChI=1S/C8H14N2O4S/c11-7-4-15(13,14)3-6(7)10-5-1-8(12)9-2-5/h5-7,10-11H,1-4H2,(H,9,12). The molecule has 1 amide bonds. The van der Waals surface area contributed by atoms with E-state index in [1.807, 2.05) is 0 Å². The fourth-order valence-corrected chi connectivity index (χ4v) is 3.77. The number of amides is 1. The average molecular weight is 234 g/mol. The van der Waals surface area contributed by atoms with Crippen molar-refractivity contribution in [3.63, 3.8) is 0 Å². The molecule has 0 saturated carbocycles. The maximum Gasteiger partial charge on any atom is 0.221 e. The van der Waals surface area contributed by atoms with Crippen LogP contribution in [0.15, 0.2) is 0 Å². The van der Waals surface area contributed by atoms with Crippen molar-refractivity contribution in [2.24, 2.45) is 0 Å². The number of carbonyl (C=O) groups is 1. The van der Waals surface area contributed by atoms with Crippen LogP contribution < -0.4 is 10.6 Å². The minimum Gasteiger partial charge on any atom is -0.390 e. The third kappa shape index (κ3) is 2.47. The molecule has 3 N–H and O–H groups in total. The lowest BCUT2D eigenvalue weighted by atomic mass is 10.1. The molecular weight excluding hydrogens is 220 g/mol. The molecule has 0 radical (unpaired) electrons. The Morgan fingerprint density at radius 3 is 2.60 bits per heavy atom. The van der Waals surface area contributed by atoms with Crippen molar-refractivity contribution in [1.29, 1.82) is 0 Å². The first-order chi connectivity index (χ1) is 6.96.